The van der Waals surface area contributed by atoms with E-state index in [-0.39, 0.29) is 6.10 Å². The molecule has 1 saturated heterocycles. The van der Waals surface area contributed by atoms with Gasteiger partial charge in [0.15, 0.2) is 0 Å². The van der Waals surface area contributed by atoms with Crippen LogP contribution in [0.15, 0.2) is 42.5 Å². The van der Waals surface area contributed by atoms with E-state index in [4.69, 9.17) is 9.47 Å². The third kappa shape index (κ3) is 3.16. The summed E-state index contributed by atoms with van der Waals surface area (Å²) in [5.74, 6) is 1.88. The first kappa shape index (κ1) is 13.9. The average Bonchev–Trinajstić information content (AvgIpc) is 2.55. The molecular formula is C17H20N2O2. The van der Waals surface area contributed by atoms with E-state index >= 15 is 0 Å². The van der Waals surface area contributed by atoms with Gasteiger partial charge in [0.05, 0.1) is 13.7 Å². The molecule has 0 bridgehead atoms. The highest BCUT2D eigenvalue weighted by atomic mass is 16.5. The molecule has 21 heavy (non-hydrogen) atoms. The molecule has 0 unspecified atom stereocenters. The molecule has 1 aliphatic heterocycles. The normalized spacial score (nSPS) is 18.6. The van der Waals surface area contributed by atoms with E-state index in [9.17, 15) is 0 Å². The van der Waals surface area contributed by atoms with Gasteiger partial charge in [-0.15, -0.1) is 0 Å². The maximum Gasteiger partial charge on any atom is 0.128 e. The molecule has 3 rings (SSSR count). The zero-order chi connectivity index (χ0) is 14.7. The molecule has 2 aromatic rings. The number of hydrogen-bond donors (Lipinski definition) is 0. The number of nitrogens with zero attached hydrogens (tertiary/aromatic N) is 2. The van der Waals surface area contributed by atoms with Gasteiger partial charge in [0.2, 0.25) is 0 Å². The van der Waals surface area contributed by atoms with Crippen molar-refractivity contribution in [1.82, 2.24) is 4.98 Å². The SMILES string of the molecule is COc1cccc([C@@H]2CN(c3cccc(C)n3)CCO2)c1. The first-order chi connectivity index (χ1) is 10.3. The Morgan fingerprint density at radius 3 is 2.90 bits per heavy atom. The van der Waals surface area contributed by atoms with Crippen LogP contribution in [0.5, 0.6) is 5.75 Å². The predicted octanol–water partition coefficient (Wildman–Crippen LogP) is 2.98. The van der Waals surface area contributed by atoms with Crippen LogP contribution in [0, 0.1) is 6.92 Å². The second kappa shape index (κ2) is 6.14. The zero-order valence-corrected chi connectivity index (χ0v) is 12.5. The van der Waals surface area contributed by atoms with Crippen LogP contribution in [-0.4, -0.2) is 31.8 Å². The fraction of sp³-hybridized carbons (Fsp3) is 0.353. The Morgan fingerprint density at radius 1 is 1.24 bits per heavy atom. The van der Waals surface area contributed by atoms with Gasteiger partial charge in [-0.25, -0.2) is 4.98 Å². The van der Waals surface area contributed by atoms with Crippen molar-refractivity contribution in [2.75, 3.05) is 31.7 Å². The molecule has 0 aliphatic carbocycles. The van der Waals surface area contributed by atoms with Gasteiger partial charge in [0.1, 0.15) is 17.7 Å². The van der Waals surface area contributed by atoms with Crippen LogP contribution in [0.1, 0.15) is 17.4 Å². The smallest absolute Gasteiger partial charge is 0.128 e. The predicted molar refractivity (Wildman–Crippen MR) is 82.9 cm³/mol. The van der Waals surface area contributed by atoms with Gasteiger partial charge in [-0.05, 0) is 36.8 Å². The molecule has 2 heterocycles. The van der Waals surface area contributed by atoms with Crippen LogP contribution in [0.3, 0.4) is 0 Å². The number of benzene rings is 1. The number of morpholine rings is 1. The van der Waals surface area contributed by atoms with Gasteiger partial charge in [0, 0.05) is 18.8 Å². The van der Waals surface area contributed by atoms with Crippen molar-refractivity contribution in [1.29, 1.82) is 0 Å². The topological polar surface area (TPSA) is 34.6 Å². The Bertz CT molecular complexity index is 615. The van der Waals surface area contributed by atoms with E-state index in [2.05, 4.69) is 22.0 Å². The van der Waals surface area contributed by atoms with Crippen molar-refractivity contribution < 1.29 is 9.47 Å². The van der Waals surface area contributed by atoms with E-state index in [1.165, 1.54) is 0 Å². The minimum atomic E-state index is 0.0520. The molecule has 4 nitrogen and oxygen atoms in total. The van der Waals surface area contributed by atoms with Crippen molar-refractivity contribution in [3.63, 3.8) is 0 Å². The average molecular weight is 284 g/mol. The summed E-state index contributed by atoms with van der Waals surface area (Å²) in [5, 5.41) is 0. The molecule has 0 radical (unpaired) electrons. The summed E-state index contributed by atoms with van der Waals surface area (Å²) in [5.41, 5.74) is 2.18. The summed E-state index contributed by atoms with van der Waals surface area (Å²) < 4.78 is 11.2. The number of hydrogen-bond acceptors (Lipinski definition) is 4. The number of aryl methyl sites for hydroxylation is 1. The van der Waals surface area contributed by atoms with Crippen LogP contribution in [0.4, 0.5) is 5.82 Å². The van der Waals surface area contributed by atoms with Crippen molar-refractivity contribution in [3.05, 3.63) is 53.7 Å². The summed E-state index contributed by atoms with van der Waals surface area (Å²) >= 11 is 0. The highest BCUT2D eigenvalue weighted by molar-refractivity contribution is 5.41. The van der Waals surface area contributed by atoms with Crippen molar-refractivity contribution in [3.8, 4) is 5.75 Å². The van der Waals surface area contributed by atoms with Crippen LogP contribution in [0.25, 0.3) is 0 Å². The Labute approximate surface area is 125 Å². The van der Waals surface area contributed by atoms with Gasteiger partial charge >= 0.3 is 0 Å². The van der Waals surface area contributed by atoms with E-state index in [1.54, 1.807) is 7.11 Å². The largest absolute Gasteiger partial charge is 0.497 e. The number of rotatable bonds is 3. The van der Waals surface area contributed by atoms with E-state index < -0.39 is 0 Å². The van der Waals surface area contributed by atoms with E-state index in [0.29, 0.717) is 6.61 Å². The quantitative estimate of drug-likeness (QED) is 0.868. The zero-order valence-electron chi connectivity index (χ0n) is 12.5. The van der Waals surface area contributed by atoms with Gasteiger partial charge in [-0.3, -0.25) is 0 Å². The summed E-state index contributed by atoms with van der Waals surface area (Å²) in [6.07, 6.45) is 0.0520. The summed E-state index contributed by atoms with van der Waals surface area (Å²) in [6.45, 7) is 4.40. The van der Waals surface area contributed by atoms with Crippen LogP contribution in [-0.2, 0) is 4.74 Å². The van der Waals surface area contributed by atoms with Gasteiger partial charge < -0.3 is 14.4 Å². The van der Waals surface area contributed by atoms with E-state index in [0.717, 1.165) is 35.9 Å². The number of anilines is 1. The lowest BCUT2D eigenvalue weighted by Gasteiger charge is -2.34. The molecule has 0 N–H and O–H groups in total. The summed E-state index contributed by atoms with van der Waals surface area (Å²) in [6, 6.07) is 14.2. The molecule has 0 spiro atoms. The Morgan fingerprint density at radius 2 is 2.10 bits per heavy atom. The molecule has 1 atom stereocenters. The lowest BCUT2D eigenvalue weighted by atomic mass is 10.1. The van der Waals surface area contributed by atoms with Crippen molar-refractivity contribution in [2.24, 2.45) is 0 Å². The van der Waals surface area contributed by atoms with Crippen molar-refractivity contribution in [2.45, 2.75) is 13.0 Å². The molecule has 1 aromatic carbocycles. The Hall–Kier alpha value is -2.07. The highest BCUT2D eigenvalue weighted by Gasteiger charge is 2.23. The fourth-order valence-electron chi connectivity index (χ4n) is 2.61. The first-order valence-electron chi connectivity index (χ1n) is 7.20. The minimum absolute atomic E-state index is 0.0520. The number of ether oxygens (including phenoxy) is 2. The fourth-order valence-corrected chi connectivity index (χ4v) is 2.61. The monoisotopic (exact) mass is 284 g/mol. The molecule has 1 fully saturated rings. The van der Waals surface area contributed by atoms with Gasteiger partial charge in [0.25, 0.3) is 0 Å². The maximum absolute atomic E-state index is 5.92. The summed E-state index contributed by atoms with van der Waals surface area (Å²) in [7, 11) is 1.68. The maximum atomic E-state index is 5.92. The number of aromatic nitrogens is 1. The van der Waals surface area contributed by atoms with E-state index in [1.807, 2.05) is 37.3 Å². The Kier molecular flexibility index (Phi) is 4.06. The van der Waals surface area contributed by atoms with Gasteiger partial charge in [-0.1, -0.05) is 18.2 Å². The van der Waals surface area contributed by atoms with Crippen LogP contribution >= 0.6 is 0 Å². The summed E-state index contributed by atoms with van der Waals surface area (Å²) in [4.78, 5) is 6.88. The third-order valence-corrected chi connectivity index (χ3v) is 3.73. The second-order valence-corrected chi connectivity index (χ2v) is 5.22. The minimum Gasteiger partial charge on any atom is -0.497 e. The molecule has 0 amide bonds. The molecule has 4 heteroatoms. The first-order valence-corrected chi connectivity index (χ1v) is 7.20. The molecule has 1 aromatic heterocycles. The Balaban J connectivity index is 1.79. The number of methoxy groups -OCH3 is 1. The van der Waals surface area contributed by atoms with Crippen LogP contribution < -0.4 is 9.64 Å². The molecule has 110 valence electrons. The van der Waals surface area contributed by atoms with Gasteiger partial charge in [-0.2, -0.15) is 0 Å². The second-order valence-electron chi connectivity index (χ2n) is 5.22. The number of pyridine rings is 1. The lowest BCUT2D eigenvalue weighted by molar-refractivity contribution is 0.0394. The van der Waals surface area contributed by atoms with Crippen molar-refractivity contribution >= 4 is 5.82 Å². The third-order valence-electron chi connectivity index (χ3n) is 3.73. The molecular weight excluding hydrogens is 264 g/mol. The highest BCUT2D eigenvalue weighted by Crippen LogP contribution is 2.27. The lowest BCUT2D eigenvalue weighted by Crippen LogP contribution is -2.38. The standard InChI is InChI=1S/C17H20N2O2/c1-13-5-3-8-17(18-13)19-9-10-21-16(12-19)14-6-4-7-15(11-14)20-2/h3-8,11,16H,9-10,12H2,1-2H3/t16-/m0/s1. The molecule has 0 saturated carbocycles. The van der Waals surface area contributed by atoms with Crippen LogP contribution in [0.2, 0.25) is 0 Å². The molecule has 1 aliphatic rings.